The molecule has 0 fully saturated rings. The van der Waals surface area contributed by atoms with Gasteiger partial charge in [0, 0.05) is 5.56 Å². The van der Waals surface area contributed by atoms with Gasteiger partial charge in [0.1, 0.15) is 5.75 Å². The average Bonchev–Trinajstić information content (AvgIpc) is 2.27. The lowest BCUT2D eigenvalue weighted by Gasteiger charge is -2.02. The fourth-order valence-corrected chi connectivity index (χ4v) is 1.11. The summed E-state index contributed by atoms with van der Waals surface area (Å²) in [4.78, 5) is 0. The lowest BCUT2D eigenvalue weighted by Crippen LogP contribution is -2.15. The van der Waals surface area contributed by atoms with Crippen molar-refractivity contribution in [1.82, 2.24) is 0 Å². The van der Waals surface area contributed by atoms with Crippen molar-refractivity contribution in [2.24, 2.45) is 5.73 Å². The van der Waals surface area contributed by atoms with Crippen LogP contribution in [0.5, 0.6) is 5.75 Å². The van der Waals surface area contributed by atoms with Crippen LogP contribution in [0.3, 0.4) is 0 Å². The maximum Gasteiger partial charge on any atom is 0.120 e. The molecule has 0 bridgehead atoms. The molecule has 0 amide bonds. The zero-order chi connectivity index (χ0) is 11.1. The van der Waals surface area contributed by atoms with Crippen molar-refractivity contribution in [3.05, 3.63) is 29.8 Å². The first-order chi connectivity index (χ1) is 7.26. The van der Waals surface area contributed by atoms with E-state index in [1.54, 1.807) is 0 Å². The number of benzene rings is 1. The standard InChI is InChI=1S/C13H17NO/c1-3-12(14)9-8-11-6-5-7-13(10-11)15-4-2/h5-7,10,12H,3-4,14H2,1-2H3. The molecule has 0 aliphatic rings. The Morgan fingerprint density at radius 1 is 1.40 bits per heavy atom. The van der Waals surface area contributed by atoms with Crippen LogP contribution in [0.4, 0.5) is 0 Å². The van der Waals surface area contributed by atoms with E-state index in [4.69, 9.17) is 10.5 Å². The molecule has 2 N–H and O–H groups in total. The molecule has 2 heteroatoms. The second-order valence-corrected chi connectivity index (χ2v) is 3.24. The van der Waals surface area contributed by atoms with Gasteiger partial charge in [0.15, 0.2) is 0 Å². The van der Waals surface area contributed by atoms with Gasteiger partial charge in [0.25, 0.3) is 0 Å². The lowest BCUT2D eigenvalue weighted by atomic mass is 10.2. The van der Waals surface area contributed by atoms with Crippen molar-refractivity contribution in [3.63, 3.8) is 0 Å². The molecule has 1 atom stereocenters. The molecule has 15 heavy (non-hydrogen) atoms. The normalized spacial score (nSPS) is 11.4. The Labute approximate surface area is 91.4 Å². The van der Waals surface area contributed by atoms with Gasteiger partial charge in [-0.25, -0.2) is 0 Å². The van der Waals surface area contributed by atoms with Gasteiger partial charge in [0.2, 0.25) is 0 Å². The van der Waals surface area contributed by atoms with Gasteiger partial charge in [-0.3, -0.25) is 0 Å². The van der Waals surface area contributed by atoms with Gasteiger partial charge in [-0.05, 0) is 31.5 Å². The summed E-state index contributed by atoms with van der Waals surface area (Å²) >= 11 is 0. The van der Waals surface area contributed by atoms with E-state index >= 15 is 0 Å². The Morgan fingerprint density at radius 2 is 2.20 bits per heavy atom. The molecule has 0 saturated heterocycles. The zero-order valence-corrected chi connectivity index (χ0v) is 9.29. The maximum absolute atomic E-state index is 5.71. The number of hydrogen-bond acceptors (Lipinski definition) is 2. The molecule has 1 aromatic carbocycles. The van der Waals surface area contributed by atoms with Gasteiger partial charge in [-0.1, -0.05) is 24.8 Å². The van der Waals surface area contributed by atoms with E-state index in [0.717, 1.165) is 17.7 Å². The summed E-state index contributed by atoms with van der Waals surface area (Å²) in [6.45, 7) is 4.66. The molecule has 1 aromatic rings. The highest BCUT2D eigenvalue weighted by atomic mass is 16.5. The third-order valence-electron chi connectivity index (χ3n) is 1.99. The second kappa shape index (κ2) is 6.10. The van der Waals surface area contributed by atoms with Crippen molar-refractivity contribution in [1.29, 1.82) is 0 Å². The first-order valence-electron chi connectivity index (χ1n) is 5.26. The van der Waals surface area contributed by atoms with E-state index in [1.165, 1.54) is 0 Å². The van der Waals surface area contributed by atoms with Crippen LogP contribution in [0.25, 0.3) is 0 Å². The summed E-state index contributed by atoms with van der Waals surface area (Å²) in [5.41, 5.74) is 6.66. The highest BCUT2D eigenvalue weighted by molar-refractivity contribution is 5.40. The molecule has 0 saturated carbocycles. The average molecular weight is 203 g/mol. The first kappa shape index (κ1) is 11.6. The third-order valence-corrected chi connectivity index (χ3v) is 1.99. The summed E-state index contributed by atoms with van der Waals surface area (Å²) in [6.07, 6.45) is 0.873. The van der Waals surface area contributed by atoms with E-state index in [9.17, 15) is 0 Å². The molecule has 0 aromatic heterocycles. The van der Waals surface area contributed by atoms with Crippen LogP contribution in [0, 0.1) is 11.8 Å². The summed E-state index contributed by atoms with van der Waals surface area (Å²) < 4.78 is 5.38. The summed E-state index contributed by atoms with van der Waals surface area (Å²) in [5.74, 6) is 6.89. The molecule has 1 unspecified atom stereocenters. The third kappa shape index (κ3) is 4.05. The van der Waals surface area contributed by atoms with Crippen LogP contribution < -0.4 is 10.5 Å². The lowest BCUT2D eigenvalue weighted by molar-refractivity contribution is 0.340. The van der Waals surface area contributed by atoms with E-state index in [1.807, 2.05) is 38.1 Å². The minimum atomic E-state index is -0.0410. The highest BCUT2D eigenvalue weighted by Gasteiger charge is 1.94. The molecule has 0 heterocycles. The smallest absolute Gasteiger partial charge is 0.120 e. The van der Waals surface area contributed by atoms with Gasteiger partial charge in [-0.15, -0.1) is 0 Å². The van der Waals surface area contributed by atoms with Crippen LogP contribution in [0.2, 0.25) is 0 Å². The molecule has 1 rings (SSSR count). The maximum atomic E-state index is 5.71. The Morgan fingerprint density at radius 3 is 2.87 bits per heavy atom. The van der Waals surface area contributed by atoms with E-state index in [0.29, 0.717) is 6.61 Å². The van der Waals surface area contributed by atoms with Crippen LogP contribution in [0.1, 0.15) is 25.8 Å². The van der Waals surface area contributed by atoms with Gasteiger partial charge in [0.05, 0.1) is 12.6 Å². The zero-order valence-electron chi connectivity index (χ0n) is 9.29. The number of rotatable bonds is 3. The first-order valence-corrected chi connectivity index (χ1v) is 5.26. The number of ether oxygens (including phenoxy) is 1. The summed E-state index contributed by atoms with van der Waals surface area (Å²) in [6, 6.07) is 7.71. The van der Waals surface area contributed by atoms with E-state index in [2.05, 4.69) is 11.8 Å². The molecule has 0 spiro atoms. The minimum absolute atomic E-state index is 0.0410. The quantitative estimate of drug-likeness (QED) is 0.764. The molecule has 0 aliphatic heterocycles. The predicted octanol–water partition coefficient (Wildman–Crippen LogP) is 2.17. The molecule has 80 valence electrons. The molecule has 0 aliphatic carbocycles. The van der Waals surface area contributed by atoms with Crippen molar-refractivity contribution in [2.75, 3.05) is 6.61 Å². The van der Waals surface area contributed by atoms with Crippen molar-refractivity contribution in [2.45, 2.75) is 26.3 Å². The van der Waals surface area contributed by atoms with Gasteiger partial charge >= 0.3 is 0 Å². The molecular formula is C13H17NO. The van der Waals surface area contributed by atoms with Crippen LogP contribution in [-0.2, 0) is 0 Å². The van der Waals surface area contributed by atoms with Crippen LogP contribution in [0.15, 0.2) is 24.3 Å². The van der Waals surface area contributed by atoms with E-state index < -0.39 is 0 Å². The Bertz CT molecular complexity index is 362. The Kier molecular flexibility index (Phi) is 4.73. The summed E-state index contributed by atoms with van der Waals surface area (Å²) in [7, 11) is 0. The topological polar surface area (TPSA) is 35.2 Å². The SMILES string of the molecule is CCOc1cccc(C#CC(N)CC)c1. The largest absolute Gasteiger partial charge is 0.494 e. The van der Waals surface area contributed by atoms with Crippen molar-refractivity contribution < 1.29 is 4.74 Å². The molecule has 2 nitrogen and oxygen atoms in total. The van der Waals surface area contributed by atoms with Gasteiger partial charge < -0.3 is 10.5 Å². The number of nitrogens with two attached hydrogens (primary N) is 1. The number of hydrogen-bond donors (Lipinski definition) is 1. The minimum Gasteiger partial charge on any atom is -0.494 e. The van der Waals surface area contributed by atoms with Crippen molar-refractivity contribution in [3.8, 4) is 17.6 Å². The molecule has 0 radical (unpaired) electrons. The fourth-order valence-electron chi connectivity index (χ4n) is 1.11. The Balaban J connectivity index is 2.75. The molecular weight excluding hydrogens is 186 g/mol. The Hall–Kier alpha value is -1.46. The summed E-state index contributed by atoms with van der Waals surface area (Å²) in [5, 5.41) is 0. The van der Waals surface area contributed by atoms with Crippen molar-refractivity contribution >= 4 is 0 Å². The second-order valence-electron chi connectivity index (χ2n) is 3.24. The highest BCUT2D eigenvalue weighted by Crippen LogP contribution is 2.12. The van der Waals surface area contributed by atoms with Crippen LogP contribution in [-0.4, -0.2) is 12.6 Å². The monoisotopic (exact) mass is 203 g/mol. The van der Waals surface area contributed by atoms with Gasteiger partial charge in [-0.2, -0.15) is 0 Å². The predicted molar refractivity (Wildman–Crippen MR) is 62.8 cm³/mol. The van der Waals surface area contributed by atoms with Crippen LogP contribution >= 0.6 is 0 Å². The fraction of sp³-hybridized carbons (Fsp3) is 0.385. The van der Waals surface area contributed by atoms with E-state index in [-0.39, 0.29) is 6.04 Å².